The van der Waals surface area contributed by atoms with Crippen molar-refractivity contribution in [1.29, 1.82) is 0 Å². The molecule has 2 atom stereocenters. The van der Waals surface area contributed by atoms with Gasteiger partial charge in [-0.2, -0.15) is 0 Å². The van der Waals surface area contributed by atoms with E-state index in [4.69, 9.17) is 32.9 Å². The van der Waals surface area contributed by atoms with Gasteiger partial charge in [0, 0.05) is 21.6 Å². The van der Waals surface area contributed by atoms with E-state index in [0.717, 1.165) is 46.6 Å². The van der Waals surface area contributed by atoms with Crippen LogP contribution in [0.5, 0.6) is 0 Å². The summed E-state index contributed by atoms with van der Waals surface area (Å²) in [5.74, 6) is 0. The van der Waals surface area contributed by atoms with Gasteiger partial charge < -0.3 is 15.2 Å². The summed E-state index contributed by atoms with van der Waals surface area (Å²) < 4.78 is 5.66. The Morgan fingerprint density at radius 3 is 2.66 bits per heavy atom. The minimum Gasteiger partial charge on any atom is -0.444 e. The molecule has 0 radical (unpaired) electrons. The molecule has 4 rings (SSSR count). The van der Waals surface area contributed by atoms with Crippen LogP contribution in [-0.2, 0) is 17.8 Å². The Balaban J connectivity index is 1.56. The van der Waals surface area contributed by atoms with Gasteiger partial charge in [-0.25, -0.2) is 4.79 Å². The predicted octanol–water partition coefficient (Wildman–Crippen LogP) is 9.43. The number of alkyl carbamates (subject to hydrolysis) is 1. The molecular weight excluding hydrogens is 575 g/mol. The lowest BCUT2D eigenvalue weighted by molar-refractivity contribution is 0.0435. The highest BCUT2D eigenvalue weighted by Crippen LogP contribution is 2.52. The lowest BCUT2D eigenvalue weighted by Gasteiger charge is -2.37. The third-order valence-electron chi connectivity index (χ3n) is 7.45. The number of nitrogens with one attached hydrogen (secondary N) is 1. The summed E-state index contributed by atoms with van der Waals surface area (Å²) >= 11 is 14.0. The van der Waals surface area contributed by atoms with Crippen LogP contribution in [0.3, 0.4) is 0 Å². The van der Waals surface area contributed by atoms with E-state index in [-0.39, 0.29) is 18.1 Å². The standard InChI is InChI=1S/C33H38Cl2N2O3S/c1-6-15-33(18-22-10-7-8-11-25(22)30(33)37-31(39)40-32(3,4)5)16-14-21(2)29-23(20-38)17-24(19-36-29)41-27-13-9-12-26(34)28(27)35/h7-13,17,19,30,38H,2,6,14-16,18,20H2,1,3-5H3,(H,37,39)/t30-,33?/m1/s1. The molecule has 0 fully saturated rings. The zero-order valence-electron chi connectivity index (χ0n) is 24.1. The Morgan fingerprint density at radius 1 is 1.20 bits per heavy atom. The molecule has 0 saturated carbocycles. The smallest absolute Gasteiger partial charge is 0.408 e. The number of allylic oxidation sites excluding steroid dienone is 1. The summed E-state index contributed by atoms with van der Waals surface area (Å²) in [4.78, 5) is 19.3. The quantitative estimate of drug-likeness (QED) is 0.238. The van der Waals surface area contributed by atoms with Gasteiger partial charge in [0.05, 0.1) is 28.4 Å². The maximum atomic E-state index is 13.0. The molecule has 1 unspecified atom stereocenters. The van der Waals surface area contributed by atoms with Gasteiger partial charge in [0.15, 0.2) is 0 Å². The third kappa shape index (κ3) is 7.47. The van der Waals surface area contributed by atoms with Crippen LogP contribution in [0.4, 0.5) is 4.79 Å². The Kier molecular flexibility index (Phi) is 10.1. The maximum Gasteiger partial charge on any atom is 0.408 e. The monoisotopic (exact) mass is 612 g/mol. The summed E-state index contributed by atoms with van der Waals surface area (Å²) in [7, 11) is 0. The zero-order chi connectivity index (χ0) is 29.8. The van der Waals surface area contributed by atoms with Crippen molar-refractivity contribution in [2.45, 2.75) is 87.8 Å². The highest BCUT2D eigenvalue weighted by atomic mass is 35.5. The number of carbonyl (C=O) groups excluding carboxylic acids is 1. The lowest BCUT2D eigenvalue weighted by atomic mass is 9.72. The van der Waals surface area contributed by atoms with Crippen LogP contribution in [0, 0.1) is 5.41 Å². The van der Waals surface area contributed by atoms with Crippen molar-refractivity contribution in [2.24, 2.45) is 5.41 Å². The van der Waals surface area contributed by atoms with Crippen LogP contribution < -0.4 is 5.32 Å². The van der Waals surface area contributed by atoms with Gasteiger partial charge in [-0.1, -0.05) is 85.2 Å². The number of aliphatic hydroxyl groups is 1. The van der Waals surface area contributed by atoms with Crippen molar-refractivity contribution < 1.29 is 14.6 Å². The van der Waals surface area contributed by atoms with Crippen LogP contribution >= 0.6 is 35.0 Å². The molecule has 0 bridgehead atoms. The molecule has 0 aliphatic heterocycles. The summed E-state index contributed by atoms with van der Waals surface area (Å²) in [6, 6.07) is 15.6. The fourth-order valence-electron chi connectivity index (χ4n) is 5.72. The molecule has 3 aromatic rings. The molecule has 0 saturated heterocycles. The first-order valence-corrected chi connectivity index (χ1v) is 15.5. The van der Waals surface area contributed by atoms with E-state index in [1.54, 1.807) is 12.3 Å². The van der Waals surface area contributed by atoms with Crippen molar-refractivity contribution in [3.05, 3.63) is 93.7 Å². The van der Waals surface area contributed by atoms with Crippen LogP contribution in [0.2, 0.25) is 10.0 Å². The molecule has 41 heavy (non-hydrogen) atoms. The minimum atomic E-state index is -0.584. The third-order valence-corrected chi connectivity index (χ3v) is 9.40. The highest BCUT2D eigenvalue weighted by Gasteiger charge is 2.46. The van der Waals surface area contributed by atoms with Crippen molar-refractivity contribution in [3.8, 4) is 0 Å². The molecule has 5 nitrogen and oxygen atoms in total. The van der Waals surface area contributed by atoms with Gasteiger partial charge >= 0.3 is 6.09 Å². The number of hydrogen-bond donors (Lipinski definition) is 2. The number of fused-ring (bicyclic) bond motifs is 1. The number of ether oxygens (including phenoxy) is 1. The zero-order valence-corrected chi connectivity index (χ0v) is 26.4. The highest BCUT2D eigenvalue weighted by molar-refractivity contribution is 7.99. The van der Waals surface area contributed by atoms with Crippen LogP contribution in [0.25, 0.3) is 5.57 Å². The summed E-state index contributed by atoms with van der Waals surface area (Å²) in [5, 5.41) is 14.4. The van der Waals surface area contributed by atoms with Crippen molar-refractivity contribution in [1.82, 2.24) is 10.3 Å². The molecule has 1 heterocycles. The molecule has 2 N–H and O–H groups in total. The number of halogens is 2. The SMILES string of the molecule is C=C(CCC1(CCC)Cc2ccccc2[C@H]1NC(=O)OC(C)(C)C)c1ncc(Sc2cccc(Cl)c2Cl)cc1CO. The second-order valence-corrected chi connectivity index (χ2v) is 13.6. The summed E-state index contributed by atoms with van der Waals surface area (Å²) in [6.07, 6.45) is 5.62. The Bertz CT molecular complexity index is 1420. The van der Waals surface area contributed by atoms with Gasteiger partial charge in [0.25, 0.3) is 0 Å². The van der Waals surface area contributed by atoms with Gasteiger partial charge in [0.2, 0.25) is 0 Å². The molecule has 8 heteroatoms. The fourth-order valence-corrected chi connectivity index (χ4v) is 7.10. The number of aliphatic hydroxyl groups excluding tert-OH is 1. The normalized spacial score (nSPS) is 18.2. The van der Waals surface area contributed by atoms with Crippen LogP contribution in [0.1, 0.15) is 81.8 Å². The van der Waals surface area contributed by atoms with Gasteiger partial charge in [-0.15, -0.1) is 0 Å². The van der Waals surface area contributed by atoms with E-state index < -0.39 is 11.7 Å². The van der Waals surface area contributed by atoms with Crippen molar-refractivity contribution >= 4 is 46.6 Å². The predicted molar refractivity (Wildman–Crippen MR) is 169 cm³/mol. The first kappa shape index (κ1) is 31.4. The maximum absolute atomic E-state index is 13.0. The average molecular weight is 614 g/mol. The largest absolute Gasteiger partial charge is 0.444 e. The van der Waals surface area contributed by atoms with Gasteiger partial charge in [-0.3, -0.25) is 4.98 Å². The Labute approximate surface area is 257 Å². The number of hydrogen-bond acceptors (Lipinski definition) is 5. The Morgan fingerprint density at radius 2 is 1.95 bits per heavy atom. The van der Waals surface area contributed by atoms with Gasteiger partial charge in [-0.05, 0) is 86.8 Å². The molecule has 1 aromatic heterocycles. The molecule has 1 amide bonds. The number of amides is 1. The number of carbonyl (C=O) groups is 1. The van der Waals surface area contributed by atoms with Gasteiger partial charge in [0.1, 0.15) is 5.60 Å². The number of pyridine rings is 1. The van der Waals surface area contributed by atoms with E-state index in [1.165, 1.54) is 17.3 Å². The molecular formula is C33H38Cl2N2O3S. The first-order chi connectivity index (χ1) is 19.5. The van der Waals surface area contributed by atoms with E-state index in [0.29, 0.717) is 27.7 Å². The topological polar surface area (TPSA) is 71.5 Å². The Hall–Kier alpha value is -2.51. The second kappa shape index (κ2) is 13.2. The molecule has 0 spiro atoms. The second-order valence-electron chi connectivity index (χ2n) is 11.7. The van der Waals surface area contributed by atoms with Crippen LogP contribution in [-0.4, -0.2) is 21.8 Å². The van der Waals surface area contributed by atoms with Crippen molar-refractivity contribution in [2.75, 3.05) is 0 Å². The summed E-state index contributed by atoms with van der Waals surface area (Å²) in [6.45, 7) is 12.0. The molecule has 1 aliphatic carbocycles. The van der Waals surface area contributed by atoms with E-state index in [1.807, 2.05) is 45.0 Å². The molecule has 1 aliphatic rings. The molecule has 2 aromatic carbocycles. The number of aromatic nitrogens is 1. The summed E-state index contributed by atoms with van der Waals surface area (Å²) in [5.41, 5.74) is 3.88. The first-order valence-electron chi connectivity index (χ1n) is 13.9. The van der Waals surface area contributed by atoms with Crippen LogP contribution in [0.15, 0.2) is 71.1 Å². The fraction of sp³-hybridized carbons (Fsp3) is 0.394. The molecule has 218 valence electrons. The van der Waals surface area contributed by atoms with E-state index >= 15 is 0 Å². The van der Waals surface area contributed by atoms with E-state index in [2.05, 4.69) is 37.0 Å². The number of benzene rings is 2. The minimum absolute atomic E-state index is 0.159. The number of rotatable bonds is 10. The lowest BCUT2D eigenvalue weighted by Crippen LogP contribution is -2.41. The average Bonchev–Trinajstić information content (AvgIpc) is 3.21. The van der Waals surface area contributed by atoms with Crippen molar-refractivity contribution in [3.63, 3.8) is 0 Å². The van der Waals surface area contributed by atoms with E-state index in [9.17, 15) is 9.90 Å². The number of nitrogens with zero attached hydrogens (tertiary/aromatic N) is 1.